The van der Waals surface area contributed by atoms with E-state index in [2.05, 4.69) is 4.74 Å². The van der Waals surface area contributed by atoms with Crippen molar-refractivity contribution in [1.29, 1.82) is 0 Å². The highest BCUT2D eigenvalue weighted by atomic mass is 16.6. The minimum atomic E-state index is -0.545. The molecule has 0 unspecified atom stereocenters. The fraction of sp³-hybridized carbons (Fsp3) is 0.625. The Morgan fingerprint density at radius 3 is 2.50 bits per heavy atom. The van der Waals surface area contributed by atoms with Gasteiger partial charge in [0, 0.05) is 0 Å². The first-order chi connectivity index (χ1) is 5.63. The second kappa shape index (κ2) is 5.46. The largest absolute Gasteiger partial charge is 0.481 e. The van der Waals surface area contributed by atoms with E-state index in [-0.39, 0.29) is 5.57 Å². The minimum absolute atomic E-state index is 0.0888. The number of hydrogen-bond donors (Lipinski definition) is 1. The van der Waals surface area contributed by atoms with Gasteiger partial charge in [0.1, 0.15) is 5.57 Å². The summed E-state index contributed by atoms with van der Waals surface area (Å²) in [6.07, 6.45) is 0.757. The Hall–Kier alpha value is -1.19. The Morgan fingerprint density at radius 1 is 1.50 bits per heavy atom. The maximum atomic E-state index is 11.0. The molecular weight excluding hydrogens is 160 g/mol. The molecule has 0 atom stereocenters. The highest BCUT2D eigenvalue weighted by Crippen LogP contribution is 2.03. The average Bonchev–Trinajstić information content (AvgIpc) is 2.11. The summed E-state index contributed by atoms with van der Waals surface area (Å²) in [4.78, 5) is 11.0. The van der Waals surface area contributed by atoms with Crippen molar-refractivity contribution in [2.75, 3.05) is 13.7 Å². The standard InChI is InChI=1S/C8H14O4/c1-4-5-12-8(10)6(2)7(9)11-3/h9H,4-5H2,1-3H3. The first-order valence-corrected chi connectivity index (χ1v) is 3.74. The van der Waals surface area contributed by atoms with Crippen LogP contribution in [0.5, 0.6) is 0 Å². The van der Waals surface area contributed by atoms with Crippen molar-refractivity contribution in [2.45, 2.75) is 20.3 Å². The van der Waals surface area contributed by atoms with Gasteiger partial charge in [0.15, 0.2) is 0 Å². The summed E-state index contributed by atoms with van der Waals surface area (Å²) in [7, 11) is 1.28. The number of aliphatic hydroxyl groups excluding tert-OH is 1. The molecule has 0 aromatic carbocycles. The maximum absolute atomic E-state index is 11.0. The van der Waals surface area contributed by atoms with Gasteiger partial charge in [-0.25, -0.2) is 4.79 Å². The molecule has 12 heavy (non-hydrogen) atoms. The Morgan fingerprint density at radius 2 is 2.08 bits per heavy atom. The summed E-state index contributed by atoms with van der Waals surface area (Å²) in [5.74, 6) is -0.938. The van der Waals surface area contributed by atoms with Crippen LogP contribution in [0, 0.1) is 0 Å². The molecule has 4 heteroatoms. The van der Waals surface area contributed by atoms with Gasteiger partial charge in [-0.2, -0.15) is 0 Å². The lowest BCUT2D eigenvalue weighted by molar-refractivity contribution is -0.139. The highest BCUT2D eigenvalue weighted by Gasteiger charge is 2.11. The fourth-order valence-electron chi connectivity index (χ4n) is 0.543. The fourth-order valence-corrected chi connectivity index (χ4v) is 0.543. The summed E-state index contributed by atoms with van der Waals surface area (Å²) in [6.45, 7) is 3.69. The van der Waals surface area contributed by atoms with Gasteiger partial charge in [0.25, 0.3) is 5.95 Å². The molecule has 0 radical (unpaired) electrons. The third-order valence-corrected chi connectivity index (χ3v) is 1.26. The zero-order chi connectivity index (χ0) is 9.56. The normalized spacial score (nSPS) is 11.9. The monoisotopic (exact) mass is 174 g/mol. The summed E-state index contributed by atoms with van der Waals surface area (Å²) < 4.78 is 9.19. The first-order valence-electron chi connectivity index (χ1n) is 3.74. The van der Waals surface area contributed by atoms with Crippen LogP contribution in [-0.4, -0.2) is 24.8 Å². The molecule has 0 heterocycles. The highest BCUT2D eigenvalue weighted by molar-refractivity contribution is 5.87. The van der Waals surface area contributed by atoms with Crippen molar-refractivity contribution in [3.05, 3.63) is 11.5 Å². The van der Waals surface area contributed by atoms with E-state index in [1.165, 1.54) is 14.0 Å². The lowest BCUT2D eigenvalue weighted by Crippen LogP contribution is -2.09. The molecule has 0 saturated carbocycles. The van der Waals surface area contributed by atoms with Crippen LogP contribution in [0.25, 0.3) is 0 Å². The molecule has 0 aliphatic carbocycles. The van der Waals surface area contributed by atoms with Crippen molar-refractivity contribution in [3.8, 4) is 0 Å². The van der Waals surface area contributed by atoms with E-state index in [1.807, 2.05) is 6.92 Å². The number of aliphatic hydroxyl groups is 1. The number of carbonyl (C=O) groups is 1. The molecule has 0 aliphatic heterocycles. The molecule has 0 bridgehead atoms. The van der Waals surface area contributed by atoms with Crippen LogP contribution in [0.2, 0.25) is 0 Å². The summed E-state index contributed by atoms with van der Waals surface area (Å²) in [6, 6.07) is 0. The zero-order valence-corrected chi connectivity index (χ0v) is 7.59. The van der Waals surface area contributed by atoms with Crippen LogP contribution in [0.4, 0.5) is 0 Å². The van der Waals surface area contributed by atoms with Gasteiger partial charge in [0.05, 0.1) is 13.7 Å². The zero-order valence-electron chi connectivity index (χ0n) is 7.59. The molecule has 4 nitrogen and oxygen atoms in total. The Kier molecular flexibility index (Phi) is 4.92. The van der Waals surface area contributed by atoms with Gasteiger partial charge < -0.3 is 14.6 Å². The van der Waals surface area contributed by atoms with Crippen molar-refractivity contribution in [2.24, 2.45) is 0 Å². The van der Waals surface area contributed by atoms with Gasteiger partial charge in [-0.05, 0) is 13.3 Å². The van der Waals surface area contributed by atoms with E-state index >= 15 is 0 Å². The van der Waals surface area contributed by atoms with Crippen LogP contribution in [0.3, 0.4) is 0 Å². The number of hydrogen-bond acceptors (Lipinski definition) is 4. The molecule has 0 amide bonds. The Labute approximate surface area is 71.8 Å². The number of esters is 1. The van der Waals surface area contributed by atoms with Gasteiger partial charge in [-0.1, -0.05) is 6.92 Å². The van der Waals surface area contributed by atoms with Crippen LogP contribution in [0.15, 0.2) is 11.5 Å². The predicted octanol–water partition coefficient (Wildman–Crippen LogP) is 1.38. The van der Waals surface area contributed by atoms with Crippen LogP contribution in [-0.2, 0) is 14.3 Å². The molecule has 0 saturated heterocycles. The summed E-state index contributed by atoms with van der Waals surface area (Å²) >= 11 is 0. The summed E-state index contributed by atoms with van der Waals surface area (Å²) in [5, 5.41) is 8.95. The van der Waals surface area contributed by atoms with Crippen molar-refractivity contribution in [3.63, 3.8) is 0 Å². The van der Waals surface area contributed by atoms with Crippen molar-refractivity contribution < 1.29 is 19.4 Å². The topological polar surface area (TPSA) is 55.8 Å². The van der Waals surface area contributed by atoms with E-state index in [9.17, 15) is 4.79 Å². The number of methoxy groups -OCH3 is 1. The molecule has 0 fully saturated rings. The van der Waals surface area contributed by atoms with E-state index in [0.717, 1.165) is 6.42 Å². The number of carbonyl (C=O) groups excluding carboxylic acids is 1. The second-order valence-corrected chi connectivity index (χ2v) is 2.27. The third-order valence-electron chi connectivity index (χ3n) is 1.26. The van der Waals surface area contributed by atoms with Crippen molar-refractivity contribution in [1.82, 2.24) is 0 Å². The average molecular weight is 174 g/mol. The predicted molar refractivity (Wildman–Crippen MR) is 43.6 cm³/mol. The van der Waals surface area contributed by atoms with Crippen LogP contribution < -0.4 is 0 Å². The quantitative estimate of drug-likeness (QED) is 0.397. The Balaban J connectivity index is 4.09. The third kappa shape index (κ3) is 3.27. The molecule has 70 valence electrons. The molecular formula is C8H14O4. The second-order valence-electron chi connectivity index (χ2n) is 2.27. The molecule has 0 aromatic rings. The molecule has 0 aromatic heterocycles. The SMILES string of the molecule is CCCOC(=O)C(C)=C(O)OC. The van der Waals surface area contributed by atoms with Gasteiger partial charge >= 0.3 is 5.97 Å². The molecule has 0 rings (SSSR count). The molecule has 0 spiro atoms. The molecule has 0 aliphatic rings. The maximum Gasteiger partial charge on any atom is 0.340 e. The lowest BCUT2D eigenvalue weighted by Gasteiger charge is -2.04. The number of ether oxygens (including phenoxy) is 2. The summed E-state index contributed by atoms with van der Waals surface area (Å²) in [5.41, 5.74) is 0.0888. The minimum Gasteiger partial charge on any atom is -0.481 e. The first kappa shape index (κ1) is 10.8. The van der Waals surface area contributed by atoms with E-state index < -0.39 is 11.9 Å². The van der Waals surface area contributed by atoms with Crippen molar-refractivity contribution >= 4 is 5.97 Å². The van der Waals surface area contributed by atoms with Crippen LogP contribution in [0.1, 0.15) is 20.3 Å². The smallest absolute Gasteiger partial charge is 0.340 e. The molecule has 1 N–H and O–H groups in total. The van der Waals surface area contributed by atoms with Crippen LogP contribution >= 0.6 is 0 Å². The van der Waals surface area contributed by atoms with E-state index in [4.69, 9.17) is 9.84 Å². The Bertz CT molecular complexity index is 183. The lowest BCUT2D eigenvalue weighted by atomic mass is 10.3. The van der Waals surface area contributed by atoms with E-state index in [1.54, 1.807) is 0 Å². The van der Waals surface area contributed by atoms with E-state index in [0.29, 0.717) is 6.61 Å². The van der Waals surface area contributed by atoms with Gasteiger partial charge in [0.2, 0.25) is 0 Å². The van der Waals surface area contributed by atoms with Gasteiger partial charge in [-0.15, -0.1) is 0 Å². The van der Waals surface area contributed by atoms with Gasteiger partial charge in [-0.3, -0.25) is 0 Å². The number of rotatable bonds is 4.